The maximum atomic E-state index is 11.2. The fourth-order valence-corrected chi connectivity index (χ4v) is 1.52. The van der Waals surface area contributed by atoms with Gasteiger partial charge in [-0.3, -0.25) is 4.79 Å². The van der Waals surface area contributed by atoms with E-state index in [0.717, 1.165) is 0 Å². The summed E-state index contributed by atoms with van der Waals surface area (Å²) in [4.78, 5) is 21.8. The average molecular weight is 233 g/mol. The summed E-state index contributed by atoms with van der Waals surface area (Å²) in [5.74, 6) is -0.642. The third-order valence-corrected chi connectivity index (χ3v) is 2.15. The van der Waals surface area contributed by atoms with Gasteiger partial charge in [0.25, 0.3) is 0 Å². The summed E-state index contributed by atoms with van der Waals surface area (Å²) in [5, 5.41) is 0.411. The lowest BCUT2D eigenvalue weighted by Crippen LogP contribution is -2.05. The number of methoxy groups -OCH3 is 1. The zero-order valence-corrected chi connectivity index (χ0v) is 8.72. The number of ether oxygens (including phenoxy) is 1. The first kappa shape index (κ1) is 11.0. The molecule has 0 heterocycles. The highest BCUT2D eigenvalue weighted by Crippen LogP contribution is 2.24. The van der Waals surface area contributed by atoms with Gasteiger partial charge in [0.05, 0.1) is 17.7 Å². The molecule has 1 aromatic rings. The zero-order chi connectivity index (χ0) is 10.7. The predicted octanol–water partition coefficient (Wildman–Crippen LogP) is 2.59. The highest BCUT2D eigenvalue weighted by molar-refractivity contribution is 6.37. The molecular weight excluding hydrogens is 227 g/mol. The minimum absolute atomic E-state index is 0.0694. The summed E-state index contributed by atoms with van der Waals surface area (Å²) in [7, 11) is 1.21. The molecule has 0 spiro atoms. The van der Waals surface area contributed by atoms with Gasteiger partial charge in [-0.1, -0.05) is 23.2 Å². The standard InChI is InChI=1S/C9H6Cl2O3/c1-14-9(13)6-2-5(10)3-8(11)7(6)4-12/h2-4H,1H3. The number of hydrogen-bond acceptors (Lipinski definition) is 3. The van der Waals surface area contributed by atoms with Crippen molar-refractivity contribution in [2.45, 2.75) is 0 Å². The third-order valence-electron chi connectivity index (χ3n) is 1.62. The van der Waals surface area contributed by atoms with Crippen LogP contribution in [0.25, 0.3) is 0 Å². The molecule has 0 atom stereocenters. The molecule has 0 radical (unpaired) electrons. The molecule has 5 heteroatoms. The Morgan fingerprint density at radius 3 is 2.57 bits per heavy atom. The second-order valence-corrected chi connectivity index (χ2v) is 3.30. The number of hydrogen-bond donors (Lipinski definition) is 0. The molecule has 0 N–H and O–H groups in total. The van der Waals surface area contributed by atoms with Crippen molar-refractivity contribution in [3.8, 4) is 0 Å². The topological polar surface area (TPSA) is 43.4 Å². The molecule has 0 aromatic heterocycles. The van der Waals surface area contributed by atoms with E-state index in [4.69, 9.17) is 23.2 Å². The van der Waals surface area contributed by atoms with Crippen LogP contribution < -0.4 is 0 Å². The van der Waals surface area contributed by atoms with E-state index in [9.17, 15) is 9.59 Å². The molecule has 0 unspecified atom stereocenters. The summed E-state index contributed by atoms with van der Waals surface area (Å²) < 4.78 is 4.47. The van der Waals surface area contributed by atoms with Crippen molar-refractivity contribution < 1.29 is 14.3 Å². The molecule has 0 saturated heterocycles. The first-order valence-electron chi connectivity index (χ1n) is 3.62. The summed E-state index contributed by atoms with van der Waals surface area (Å²) in [6.07, 6.45) is 0.491. The van der Waals surface area contributed by atoms with Crippen LogP contribution in [-0.2, 0) is 4.74 Å². The molecule has 1 rings (SSSR count). The molecular formula is C9H6Cl2O3. The number of aldehydes is 1. The molecule has 74 valence electrons. The van der Waals surface area contributed by atoms with Gasteiger partial charge >= 0.3 is 5.97 Å². The van der Waals surface area contributed by atoms with Crippen molar-refractivity contribution in [1.29, 1.82) is 0 Å². The SMILES string of the molecule is COC(=O)c1cc(Cl)cc(Cl)c1C=O. The second-order valence-electron chi connectivity index (χ2n) is 2.46. The Balaban J connectivity index is 3.39. The monoisotopic (exact) mass is 232 g/mol. The van der Waals surface area contributed by atoms with Crippen LogP contribution in [0.4, 0.5) is 0 Å². The van der Waals surface area contributed by atoms with E-state index < -0.39 is 5.97 Å². The van der Waals surface area contributed by atoms with E-state index in [0.29, 0.717) is 6.29 Å². The highest BCUT2D eigenvalue weighted by Gasteiger charge is 2.15. The van der Waals surface area contributed by atoms with Gasteiger partial charge in [0, 0.05) is 10.6 Å². The van der Waals surface area contributed by atoms with E-state index in [-0.39, 0.29) is 21.2 Å². The van der Waals surface area contributed by atoms with Crippen LogP contribution in [0.3, 0.4) is 0 Å². The van der Waals surface area contributed by atoms with Gasteiger partial charge in [-0.2, -0.15) is 0 Å². The van der Waals surface area contributed by atoms with Crippen LogP contribution in [0, 0.1) is 0 Å². The average Bonchev–Trinajstić information content (AvgIpc) is 2.15. The molecule has 0 fully saturated rings. The quantitative estimate of drug-likeness (QED) is 0.582. The smallest absolute Gasteiger partial charge is 0.338 e. The molecule has 0 amide bonds. The molecule has 3 nitrogen and oxygen atoms in total. The third kappa shape index (κ3) is 2.05. The molecule has 1 aromatic carbocycles. The lowest BCUT2D eigenvalue weighted by molar-refractivity contribution is 0.0598. The summed E-state index contributed by atoms with van der Waals surface area (Å²) in [5.41, 5.74) is 0.155. The molecule has 0 bridgehead atoms. The van der Waals surface area contributed by atoms with E-state index in [1.54, 1.807) is 0 Å². The fraction of sp³-hybridized carbons (Fsp3) is 0.111. The number of halogens is 2. The number of rotatable bonds is 2. The maximum Gasteiger partial charge on any atom is 0.338 e. The largest absolute Gasteiger partial charge is 0.465 e. The lowest BCUT2D eigenvalue weighted by atomic mass is 10.1. The minimum Gasteiger partial charge on any atom is -0.465 e. The molecule has 14 heavy (non-hydrogen) atoms. The van der Waals surface area contributed by atoms with Gasteiger partial charge in [0.1, 0.15) is 0 Å². The maximum absolute atomic E-state index is 11.2. The lowest BCUT2D eigenvalue weighted by Gasteiger charge is -2.04. The Kier molecular flexibility index (Phi) is 3.49. The predicted molar refractivity (Wildman–Crippen MR) is 53.2 cm³/mol. The first-order valence-corrected chi connectivity index (χ1v) is 4.38. The van der Waals surface area contributed by atoms with Crippen molar-refractivity contribution >= 4 is 35.5 Å². The Hall–Kier alpha value is -1.06. The first-order chi connectivity index (χ1) is 6.60. The van der Waals surface area contributed by atoms with Crippen LogP contribution in [0.2, 0.25) is 10.0 Å². The van der Waals surface area contributed by atoms with Crippen LogP contribution in [0.1, 0.15) is 20.7 Å². The zero-order valence-electron chi connectivity index (χ0n) is 7.21. The Bertz CT molecular complexity index is 388. The molecule has 0 aliphatic rings. The normalized spacial score (nSPS) is 9.64. The summed E-state index contributed by atoms with van der Waals surface area (Å²) in [6, 6.07) is 2.72. The van der Waals surface area contributed by atoms with Gasteiger partial charge in [-0.15, -0.1) is 0 Å². The minimum atomic E-state index is -0.642. The van der Waals surface area contributed by atoms with Crippen LogP contribution in [0.5, 0.6) is 0 Å². The van der Waals surface area contributed by atoms with Gasteiger partial charge in [0.2, 0.25) is 0 Å². The number of esters is 1. The molecule has 0 saturated carbocycles. The number of benzene rings is 1. The van der Waals surface area contributed by atoms with Crippen molar-refractivity contribution in [2.75, 3.05) is 7.11 Å². The fourth-order valence-electron chi connectivity index (χ4n) is 0.983. The van der Waals surface area contributed by atoms with Crippen molar-refractivity contribution in [3.63, 3.8) is 0 Å². The van der Waals surface area contributed by atoms with Gasteiger partial charge < -0.3 is 4.74 Å². The van der Waals surface area contributed by atoms with E-state index in [1.165, 1.54) is 19.2 Å². The molecule has 0 aliphatic heterocycles. The Morgan fingerprint density at radius 1 is 1.43 bits per heavy atom. The van der Waals surface area contributed by atoms with Crippen LogP contribution >= 0.6 is 23.2 Å². The van der Waals surface area contributed by atoms with E-state index in [2.05, 4.69) is 4.74 Å². The van der Waals surface area contributed by atoms with Gasteiger partial charge in [-0.05, 0) is 12.1 Å². The van der Waals surface area contributed by atoms with E-state index >= 15 is 0 Å². The highest BCUT2D eigenvalue weighted by atomic mass is 35.5. The summed E-state index contributed by atoms with van der Waals surface area (Å²) in [6.45, 7) is 0. The number of carbonyl (C=O) groups is 2. The molecule has 0 aliphatic carbocycles. The van der Waals surface area contributed by atoms with Gasteiger partial charge in [-0.25, -0.2) is 4.79 Å². The second kappa shape index (κ2) is 4.44. The van der Waals surface area contributed by atoms with Crippen molar-refractivity contribution in [2.24, 2.45) is 0 Å². The Labute approximate surface area is 90.6 Å². The number of carbonyl (C=O) groups excluding carboxylic acids is 2. The summed E-state index contributed by atoms with van der Waals surface area (Å²) >= 11 is 11.4. The van der Waals surface area contributed by atoms with Crippen LogP contribution in [-0.4, -0.2) is 19.4 Å². The van der Waals surface area contributed by atoms with Gasteiger partial charge in [0.15, 0.2) is 6.29 Å². The van der Waals surface area contributed by atoms with E-state index in [1.807, 2.05) is 0 Å². The van der Waals surface area contributed by atoms with Crippen molar-refractivity contribution in [1.82, 2.24) is 0 Å². The van der Waals surface area contributed by atoms with Crippen molar-refractivity contribution in [3.05, 3.63) is 33.3 Å². The Morgan fingerprint density at radius 2 is 2.07 bits per heavy atom. The van der Waals surface area contributed by atoms with Crippen LogP contribution in [0.15, 0.2) is 12.1 Å².